The first-order valence-corrected chi connectivity index (χ1v) is 12.5. The minimum Gasteiger partial charge on any atom is -0.494 e. The maximum absolute atomic E-state index is 13.5. The molecule has 0 spiro atoms. The van der Waals surface area contributed by atoms with Gasteiger partial charge in [0.25, 0.3) is 5.91 Å². The summed E-state index contributed by atoms with van der Waals surface area (Å²) < 4.78 is 9.93. The lowest BCUT2D eigenvalue weighted by Crippen LogP contribution is -2.05. The van der Waals surface area contributed by atoms with Crippen LogP contribution < -0.4 is 4.74 Å². The van der Waals surface area contributed by atoms with E-state index in [4.69, 9.17) is 9.72 Å². The number of pyridine rings is 1. The van der Waals surface area contributed by atoms with Crippen molar-refractivity contribution in [2.75, 3.05) is 0 Å². The Morgan fingerprint density at radius 1 is 0.973 bits per heavy atom. The summed E-state index contributed by atoms with van der Waals surface area (Å²) in [5.74, 6) is 1.76. The number of aliphatic imine (C=N–C) groups is 1. The fourth-order valence-electron chi connectivity index (χ4n) is 5.36. The van der Waals surface area contributed by atoms with E-state index in [1.165, 1.54) is 0 Å². The number of para-hydroxylation sites is 1. The number of carbonyl (C=O) groups is 1. The van der Waals surface area contributed by atoms with E-state index in [0.29, 0.717) is 40.7 Å². The Balaban J connectivity index is 1.48. The van der Waals surface area contributed by atoms with Gasteiger partial charge in [0, 0.05) is 6.54 Å². The molecule has 37 heavy (non-hydrogen) atoms. The van der Waals surface area contributed by atoms with Gasteiger partial charge >= 0.3 is 0 Å². The van der Waals surface area contributed by atoms with Crippen molar-refractivity contribution in [2.45, 2.75) is 33.2 Å². The lowest BCUT2D eigenvalue weighted by molar-refractivity contribution is 0.101. The number of aromatic nitrogens is 3. The minimum absolute atomic E-state index is 0.0500. The van der Waals surface area contributed by atoms with Crippen molar-refractivity contribution in [1.29, 1.82) is 0 Å². The first-order chi connectivity index (χ1) is 18.1. The lowest BCUT2D eigenvalue weighted by atomic mass is 10.0. The number of carbonyl (C=O) groups excluding carboxylic acids is 1. The summed E-state index contributed by atoms with van der Waals surface area (Å²) in [7, 11) is 0. The highest BCUT2D eigenvalue weighted by molar-refractivity contribution is 6.31. The van der Waals surface area contributed by atoms with E-state index in [2.05, 4.69) is 11.9 Å². The first-order valence-electron chi connectivity index (χ1n) is 12.5. The molecule has 182 valence electrons. The van der Waals surface area contributed by atoms with Gasteiger partial charge in [0.05, 0.1) is 27.9 Å². The van der Waals surface area contributed by atoms with E-state index in [1.807, 2.05) is 82.6 Å². The predicted octanol–water partition coefficient (Wildman–Crippen LogP) is 6.38. The van der Waals surface area contributed by atoms with Crippen LogP contribution in [0.25, 0.3) is 28.2 Å². The molecule has 7 heteroatoms. The molecule has 7 rings (SSSR count). The number of ether oxygens (including phenoxy) is 1. The summed E-state index contributed by atoms with van der Waals surface area (Å²) in [4.78, 5) is 22.9. The maximum atomic E-state index is 13.5. The van der Waals surface area contributed by atoms with Crippen molar-refractivity contribution >= 4 is 17.1 Å². The second-order valence-electron chi connectivity index (χ2n) is 9.53. The third-order valence-corrected chi connectivity index (χ3v) is 7.15. The van der Waals surface area contributed by atoms with Crippen LogP contribution in [0.15, 0.2) is 71.7 Å². The molecule has 0 bridgehead atoms. The van der Waals surface area contributed by atoms with Gasteiger partial charge in [-0.15, -0.1) is 0 Å². The fourth-order valence-corrected chi connectivity index (χ4v) is 5.36. The number of benzene rings is 2. The van der Waals surface area contributed by atoms with E-state index in [-0.39, 0.29) is 11.8 Å². The average molecular weight is 489 g/mol. The van der Waals surface area contributed by atoms with Crippen molar-refractivity contribution < 1.29 is 14.6 Å². The van der Waals surface area contributed by atoms with Crippen LogP contribution in [0, 0.1) is 6.92 Å². The molecule has 0 aliphatic carbocycles. The Kier molecular flexibility index (Phi) is 4.63. The Hall–Kier alpha value is -4.65. The SMILES string of the molecule is CCCCn1c(O)c2c(c1-c1ccc(C)cc1)C(=O)N=C2c1nc2n3c(cccc13)Oc1ccccc1-2. The Bertz CT molecular complexity index is 1770. The first kappa shape index (κ1) is 21.6. The molecule has 2 aliphatic rings. The summed E-state index contributed by atoms with van der Waals surface area (Å²) in [5, 5.41) is 11.6. The summed E-state index contributed by atoms with van der Waals surface area (Å²) in [6, 6.07) is 21.5. The van der Waals surface area contributed by atoms with Crippen molar-refractivity contribution in [3.63, 3.8) is 0 Å². The van der Waals surface area contributed by atoms with Gasteiger partial charge in [-0.2, -0.15) is 0 Å². The Morgan fingerprint density at radius 3 is 2.59 bits per heavy atom. The zero-order valence-electron chi connectivity index (χ0n) is 20.5. The molecule has 3 aromatic heterocycles. The van der Waals surface area contributed by atoms with Crippen LogP contribution in [-0.2, 0) is 6.54 Å². The number of hydrogen-bond acceptors (Lipinski definition) is 4. The van der Waals surface area contributed by atoms with Gasteiger partial charge in [-0.3, -0.25) is 9.20 Å². The Morgan fingerprint density at radius 2 is 1.78 bits per heavy atom. The van der Waals surface area contributed by atoms with E-state index < -0.39 is 0 Å². The van der Waals surface area contributed by atoms with Crippen molar-refractivity contribution in [2.24, 2.45) is 4.99 Å². The highest BCUT2D eigenvalue weighted by Crippen LogP contribution is 2.44. The topological polar surface area (TPSA) is 81.1 Å². The molecule has 2 aliphatic heterocycles. The van der Waals surface area contributed by atoms with Gasteiger partial charge in [0.2, 0.25) is 11.8 Å². The number of hydrogen-bond donors (Lipinski definition) is 1. The summed E-state index contributed by atoms with van der Waals surface area (Å²) in [5.41, 5.74) is 6.13. The number of amides is 1. The van der Waals surface area contributed by atoms with Crippen LogP contribution in [-0.4, -0.2) is 30.7 Å². The third kappa shape index (κ3) is 3.03. The molecule has 0 fully saturated rings. The van der Waals surface area contributed by atoms with E-state index >= 15 is 0 Å². The van der Waals surface area contributed by atoms with Gasteiger partial charge < -0.3 is 14.4 Å². The largest absolute Gasteiger partial charge is 0.494 e. The molecule has 0 radical (unpaired) electrons. The molecule has 0 unspecified atom stereocenters. The molecule has 1 amide bonds. The molecule has 0 saturated carbocycles. The highest BCUT2D eigenvalue weighted by Gasteiger charge is 2.38. The molecule has 5 heterocycles. The highest BCUT2D eigenvalue weighted by atomic mass is 16.5. The number of unbranched alkanes of at least 4 members (excludes halogenated alkanes) is 1. The summed E-state index contributed by atoms with van der Waals surface area (Å²) in [6.45, 7) is 4.73. The number of imidazole rings is 1. The van der Waals surface area contributed by atoms with Crippen LogP contribution in [0.5, 0.6) is 17.5 Å². The van der Waals surface area contributed by atoms with Gasteiger partial charge in [-0.25, -0.2) is 9.98 Å². The standard InChI is InChI=1S/C30H24N4O3/c1-3-4-16-33-27(18-14-12-17(2)13-15-18)24-23(30(33)36)26(32-29(24)35)25-20-9-7-11-22-34(20)28(31-25)19-8-5-6-10-21(19)37-22/h5-15,36H,3-4,16H2,1-2H3. The smallest absolute Gasteiger partial charge is 0.280 e. The summed E-state index contributed by atoms with van der Waals surface area (Å²) >= 11 is 0. The lowest BCUT2D eigenvalue weighted by Gasteiger charge is -2.17. The third-order valence-electron chi connectivity index (χ3n) is 7.15. The molecule has 0 saturated heterocycles. The van der Waals surface area contributed by atoms with Crippen molar-refractivity contribution in [3.05, 3.63) is 89.1 Å². The zero-order valence-corrected chi connectivity index (χ0v) is 20.5. The number of rotatable bonds is 5. The predicted molar refractivity (Wildman–Crippen MR) is 142 cm³/mol. The van der Waals surface area contributed by atoms with Gasteiger partial charge in [0.1, 0.15) is 17.2 Å². The van der Waals surface area contributed by atoms with Gasteiger partial charge in [-0.1, -0.05) is 61.4 Å². The second-order valence-corrected chi connectivity index (χ2v) is 9.53. The van der Waals surface area contributed by atoms with Crippen LogP contribution in [0.4, 0.5) is 0 Å². The van der Waals surface area contributed by atoms with E-state index in [9.17, 15) is 9.90 Å². The molecule has 1 N–H and O–H groups in total. The Labute approximate surface area is 213 Å². The van der Waals surface area contributed by atoms with Crippen LogP contribution >= 0.6 is 0 Å². The second kappa shape index (κ2) is 7.93. The molecule has 0 atom stereocenters. The van der Waals surface area contributed by atoms with Crippen molar-refractivity contribution in [3.8, 4) is 40.2 Å². The quantitative estimate of drug-likeness (QED) is 0.305. The van der Waals surface area contributed by atoms with E-state index in [1.54, 1.807) is 0 Å². The molecule has 2 aromatic carbocycles. The normalized spacial score (nSPS) is 13.5. The van der Waals surface area contributed by atoms with E-state index in [0.717, 1.165) is 46.6 Å². The number of nitrogens with zero attached hydrogens (tertiary/aromatic N) is 4. The number of aromatic hydroxyl groups is 1. The maximum Gasteiger partial charge on any atom is 0.280 e. The number of aryl methyl sites for hydroxylation is 1. The molecular formula is C30H24N4O3. The summed E-state index contributed by atoms with van der Waals surface area (Å²) in [6.07, 6.45) is 1.83. The van der Waals surface area contributed by atoms with Crippen LogP contribution in [0.1, 0.15) is 46.9 Å². The minimum atomic E-state index is -0.364. The van der Waals surface area contributed by atoms with Crippen LogP contribution in [0.2, 0.25) is 0 Å². The average Bonchev–Trinajstić information content (AvgIpc) is 3.55. The van der Waals surface area contributed by atoms with Gasteiger partial charge in [0.15, 0.2) is 5.82 Å². The zero-order chi connectivity index (χ0) is 25.3. The van der Waals surface area contributed by atoms with Crippen molar-refractivity contribution in [1.82, 2.24) is 14.0 Å². The van der Waals surface area contributed by atoms with Crippen LogP contribution in [0.3, 0.4) is 0 Å². The van der Waals surface area contributed by atoms with Gasteiger partial charge in [-0.05, 0) is 43.2 Å². The number of fused-ring (bicyclic) bond motifs is 3. The monoisotopic (exact) mass is 488 g/mol. The molecular weight excluding hydrogens is 464 g/mol. The fraction of sp³-hybridized carbons (Fsp3) is 0.167. The molecule has 5 aromatic rings. The molecule has 7 nitrogen and oxygen atoms in total.